The van der Waals surface area contributed by atoms with Crippen LogP contribution in [0.2, 0.25) is 10.0 Å². The molecule has 0 fully saturated rings. The molecule has 0 aliphatic carbocycles. The Bertz CT molecular complexity index is 1160. The zero-order valence-corrected chi connectivity index (χ0v) is 21.4. The number of aromatic nitrogens is 1. The molecule has 1 heterocycles. The molecule has 0 atom stereocenters. The average molecular weight is 511 g/mol. The molecule has 4 N–H and O–H groups in total. The van der Waals surface area contributed by atoms with Gasteiger partial charge in [-0.25, -0.2) is 13.4 Å². The van der Waals surface area contributed by atoms with Gasteiger partial charge in [0, 0.05) is 18.7 Å². The minimum absolute atomic E-state index is 0. The molecule has 0 aliphatic heterocycles. The van der Waals surface area contributed by atoms with Gasteiger partial charge in [0.2, 0.25) is 0 Å². The smallest absolute Gasteiger partial charge is 0.744 e. The van der Waals surface area contributed by atoms with E-state index in [4.69, 9.17) is 33.4 Å². The summed E-state index contributed by atoms with van der Waals surface area (Å²) in [7, 11) is -4.83. The Morgan fingerprint density at radius 1 is 1.12 bits per heavy atom. The van der Waals surface area contributed by atoms with Gasteiger partial charge in [0.15, 0.2) is 5.82 Å². The normalized spacial score (nSPS) is 11.2. The first-order valence-electron chi connectivity index (χ1n) is 8.64. The van der Waals surface area contributed by atoms with Gasteiger partial charge in [-0.15, -0.1) is 10.2 Å². The average Bonchev–Trinajstić information content (AvgIpc) is 2.71. The molecule has 2 rings (SSSR count). The molecule has 2 aromatic rings. The number of pyridine rings is 1. The van der Waals surface area contributed by atoms with E-state index in [1.807, 2.05) is 6.07 Å². The number of azo groups is 1. The summed E-state index contributed by atoms with van der Waals surface area (Å²) in [5.74, 6) is 0.398. The quantitative estimate of drug-likeness (QED) is 0.199. The summed E-state index contributed by atoms with van der Waals surface area (Å²) in [6.45, 7) is 1.50. The van der Waals surface area contributed by atoms with Crippen molar-refractivity contribution in [3.05, 3.63) is 33.3 Å². The van der Waals surface area contributed by atoms with E-state index in [0.717, 1.165) is 12.1 Å². The molecule has 0 amide bonds. The van der Waals surface area contributed by atoms with Crippen molar-refractivity contribution in [2.45, 2.75) is 11.8 Å². The van der Waals surface area contributed by atoms with E-state index < -0.39 is 15.0 Å². The van der Waals surface area contributed by atoms with E-state index in [9.17, 15) is 18.2 Å². The van der Waals surface area contributed by atoms with Crippen LogP contribution in [-0.2, 0) is 10.1 Å². The minimum Gasteiger partial charge on any atom is -0.744 e. The molecular weight excluding hydrogens is 494 g/mol. The van der Waals surface area contributed by atoms with Crippen LogP contribution in [0.5, 0.6) is 0 Å². The van der Waals surface area contributed by atoms with Crippen LogP contribution in [0.1, 0.15) is 11.1 Å². The van der Waals surface area contributed by atoms with Crippen molar-refractivity contribution in [3.8, 4) is 6.07 Å². The number of rotatable bonds is 9. The number of aliphatic hydroxyl groups excluding tert-OH is 2. The summed E-state index contributed by atoms with van der Waals surface area (Å²) in [5.41, 5.74) is 0.691. The molecular formula is C17H17Cl2N6NaO5S. The third-order valence-electron chi connectivity index (χ3n) is 3.86. The molecule has 15 heteroatoms. The molecule has 166 valence electrons. The van der Waals surface area contributed by atoms with Gasteiger partial charge in [-0.3, -0.25) is 0 Å². The maximum absolute atomic E-state index is 11.2. The monoisotopic (exact) mass is 510 g/mol. The largest absolute Gasteiger partial charge is 1.00 e. The standard InChI is InChI=1S/C17H18Cl2N6O5S.Na/c1-9-10(8-20)16(21-2-4-26)23-17(22-3-5-27)15(9)25-24-13-6-12(19)14(7-11(13)18)31(28,29)30;/h6-7,26-27H,2-5H2,1H3,(H2,21,22,23)(H,28,29,30);/q;+1/p-1. The van der Waals surface area contributed by atoms with Gasteiger partial charge in [0.05, 0.1) is 33.7 Å². The Balaban J connectivity index is 0.00000512. The van der Waals surface area contributed by atoms with Crippen molar-refractivity contribution >= 4 is 56.3 Å². The molecule has 0 saturated heterocycles. The van der Waals surface area contributed by atoms with Gasteiger partial charge in [0.25, 0.3) is 0 Å². The summed E-state index contributed by atoms with van der Waals surface area (Å²) in [4.78, 5) is 3.59. The summed E-state index contributed by atoms with van der Waals surface area (Å²) in [6, 6.07) is 3.95. The van der Waals surface area contributed by atoms with Crippen LogP contribution in [0.3, 0.4) is 0 Å². The van der Waals surface area contributed by atoms with Gasteiger partial charge >= 0.3 is 29.6 Å². The number of hydrogen-bond acceptors (Lipinski definition) is 11. The fourth-order valence-electron chi connectivity index (χ4n) is 2.44. The van der Waals surface area contributed by atoms with Gasteiger partial charge in [-0.1, -0.05) is 23.2 Å². The Morgan fingerprint density at radius 3 is 2.25 bits per heavy atom. The van der Waals surface area contributed by atoms with Crippen LogP contribution < -0.4 is 40.2 Å². The van der Waals surface area contributed by atoms with E-state index in [-0.39, 0.29) is 94.5 Å². The number of nitrogens with one attached hydrogen (secondary N) is 2. The number of nitriles is 1. The second kappa shape index (κ2) is 12.6. The van der Waals surface area contributed by atoms with Gasteiger partial charge in [0.1, 0.15) is 33.4 Å². The zero-order valence-electron chi connectivity index (χ0n) is 17.1. The zero-order chi connectivity index (χ0) is 23.2. The molecule has 0 unspecified atom stereocenters. The first-order chi connectivity index (χ1) is 14.6. The third kappa shape index (κ3) is 6.98. The molecule has 0 saturated carbocycles. The second-order valence-electron chi connectivity index (χ2n) is 5.96. The van der Waals surface area contributed by atoms with Crippen LogP contribution in [0.4, 0.5) is 23.0 Å². The minimum atomic E-state index is -4.83. The van der Waals surface area contributed by atoms with Crippen molar-refractivity contribution in [2.75, 3.05) is 36.9 Å². The molecule has 0 aliphatic rings. The van der Waals surface area contributed by atoms with E-state index >= 15 is 0 Å². The number of anilines is 2. The summed E-state index contributed by atoms with van der Waals surface area (Å²) in [5, 5.41) is 40.8. The van der Waals surface area contributed by atoms with Crippen molar-refractivity contribution < 1.29 is 52.7 Å². The Kier molecular flexibility index (Phi) is 11.3. The van der Waals surface area contributed by atoms with E-state index in [1.54, 1.807) is 6.92 Å². The number of benzene rings is 1. The maximum atomic E-state index is 11.2. The van der Waals surface area contributed by atoms with Crippen molar-refractivity contribution in [1.29, 1.82) is 5.26 Å². The molecule has 1 aromatic carbocycles. The summed E-state index contributed by atoms with van der Waals surface area (Å²) in [6.07, 6.45) is 0. The Labute approximate surface area is 216 Å². The molecule has 11 nitrogen and oxygen atoms in total. The van der Waals surface area contributed by atoms with Crippen molar-refractivity contribution in [1.82, 2.24) is 4.98 Å². The van der Waals surface area contributed by atoms with Crippen LogP contribution in [0, 0.1) is 18.3 Å². The molecule has 0 bridgehead atoms. The molecule has 0 spiro atoms. The number of halogens is 2. The van der Waals surface area contributed by atoms with E-state index in [0.29, 0.717) is 5.56 Å². The van der Waals surface area contributed by atoms with Crippen LogP contribution >= 0.6 is 23.2 Å². The number of hydrogen-bond donors (Lipinski definition) is 4. The summed E-state index contributed by atoms with van der Waals surface area (Å²) < 4.78 is 33.7. The molecule has 32 heavy (non-hydrogen) atoms. The van der Waals surface area contributed by atoms with Gasteiger partial charge < -0.3 is 25.4 Å². The first-order valence-corrected chi connectivity index (χ1v) is 10.8. The summed E-state index contributed by atoms with van der Waals surface area (Å²) >= 11 is 11.9. The maximum Gasteiger partial charge on any atom is 1.00 e. The van der Waals surface area contributed by atoms with Crippen LogP contribution in [0.25, 0.3) is 0 Å². The van der Waals surface area contributed by atoms with Crippen molar-refractivity contribution in [2.24, 2.45) is 10.2 Å². The predicted molar refractivity (Wildman–Crippen MR) is 113 cm³/mol. The number of aliphatic hydroxyl groups is 2. The number of nitrogens with zero attached hydrogens (tertiary/aromatic N) is 4. The van der Waals surface area contributed by atoms with Crippen molar-refractivity contribution in [3.63, 3.8) is 0 Å². The second-order valence-corrected chi connectivity index (χ2v) is 8.12. The SMILES string of the molecule is Cc1c(C#N)c(NCCO)nc(NCCO)c1N=Nc1cc(Cl)c(S(=O)(=O)[O-])cc1Cl.[Na+]. The third-order valence-corrected chi connectivity index (χ3v) is 5.47. The fraction of sp³-hybridized carbons (Fsp3) is 0.294. The van der Waals surface area contributed by atoms with Crippen LogP contribution in [-0.4, -0.2) is 54.5 Å². The Hall–Kier alpha value is -1.53. The Morgan fingerprint density at radius 2 is 1.72 bits per heavy atom. The molecule has 1 aromatic heterocycles. The van der Waals surface area contributed by atoms with E-state index in [1.165, 1.54) is 0 Å². The fourth-order valence-corrected chi connectivity index (χ4v) is 3.71. The predicted octanol–water partition coefficient (Wildman–Crippen LogP) is -0.300. The first kappa shape index (κ1) is 28.5. The topological polar surface area (TPSA) is 183 Å². The molecule has 0 radical (unpaired) electrons. The van der Waals surface area contributed by atoms with Crippen LogP contribution in [0.15, 0.2) is 27.3 Å². The van der Waals surface area contributed by atoms with E-state index in [2.05, 4.69) is 25.8 Å². The van der Waals surface area contributed by atoms with Gasteiger partial charge in [-0.2, -0.15) is 5.26 Å². The van der Waals surface area contributed by atoms with Gasteiger partial charge in [-0.05, 0) is 19.1 Å².